The number of amides is 3. The summed E-state index contributed by atoms with van der Waals surface area (Å²) in [6.45, 7) is 6.17. The van der Waals surface area contributed by atoms with Crippen molar-refractivity contribution in [1.82, 2.24) is 5.32 Å². The molecule has 0 heterocycles. The molecule has 0 aliphatic heterocycles. The Morgan fingerprint density at radius 1 is 0.783 bits per heavy atom. The molecular formula is C37H39N3O5S. The molecule has 4 aromatic carbocycles. The van der Waals surface area contributed by atoms with Crippen LogP contribution in [0.25, 0.3) is 6.08 Å². The van der Waals surface area contributed by atoms with E-state index in [0.29, 0.717) is 40.8 Å². The quantitative estimate of drug-likeness (QED) is 0.102. The van der Waals surface area contributed by atoms with Gasteiger partial charge in [0.1, 0.15) is 17.2 Å². The van der Waals surface area contributed by atoms with Gasteiger partial charge in [-0.3, -0.25) is 14.4 Å². The summed E-state index contributed by atoms with van der Waals surface area (Å²) in [6, 6.07) is 29.1. The summed E-state index contributed by atoms with van der Waals surface area (Å²) in [7, 11) is 3.10. The molecule has 0 spiro atoms. The van der Waals surface area contributed by atoms with Crippen LogP contribution in [-0.2, 0) is 9.59 Å². The molecule has 4 aromatic rings. The molecule has 46 heavy (non-hydrogen) atoms. The van der Waals surface area contributed by atoms with Crippen molar-refractivity contribution in [2.45, 2.75) is 43.3 Å². The standard InChI is InChI=1S/C37H39N3O5S/c1-6-34(37(43)39-29-20-30(44-4)23-31(21-29)45-5)46-32-14-10-13-28(22-32)38-36(42)33(40-35(41)27-11-8-7-9-12-27)19-25-15-17-26(18-16-25)24(2)3/h7-24,34H,6H2,1-5H3,(H,38,42)(H,39,43)(H,40,41)/b33-19+. The van der Waals surface area contributed by atoms with Crippen LogP contribution in [0.4, 0.5) is 11.4 Å². The number of carbonyl (C=O) groups is 3. The first-order valence-electron chi connectivity index (χ1n) is 15.0. The average Bonchev–Trinajstić information content (AvgIpc) is 3.07. The third kappa shape index (κ3) is 9.49. The van der Waals surface area contributed by atoms with E-state index in [0.717, 1.165) is 10.5 Å². The fourth-order valence-corrected chi connectivity index (χ4v) is 5.53. The molecule has 0 saturated carbocycles. The highest BCUT2D eigenvalue weighted by molar-refractivity contribution is 8.00. The molecule has 1 unspecified atom stereocenters. The number of benzene rings is 4. The van der Waals surface area contributed by atoms with Crippen LogP contribution in [0.3, 0.4) is 0 Å². The molecule has 1 atom stereocenters. The lowest BCUT2D eigenvalue weighted by Gasteiger charge is -2.17. The summed E-state index contributed by atoms with van der Waals surface area (Å²) in [4.78, 5) is 40.6. The second kappa shape index (κ2) is 16.3. The van der Waals surface area contributed by atoms with Crippen LogP contribution in [-0.4, -0.2) is 37.2 Å². The molecule has 0 aromatic heterocycles. The van der Waals surface area contributed by atoms with E-state index in [1.807, 2.05) is 49.4 Å². The van der Waals surface area contributed by atoms with Crippen LogP contribution in [0, 0.1) is 0 Å². The van der Waals surface area contributed by atoms with E-state index >= 15 is 0 Å². The van der Waals surface area contributed by atoms with Gasteiger partial charge in [0.15, 0.2) is 0 Å². The van der Waals surface area contributed by atoms with Crippen LogP contribution >= 0.6 is 11.8 Å². The van der Waals surface area contributed by atoms with E-state index in [4.69, 9.17) is 9.47 Å². The second-order valence-corrected chi connectivity index (χ2v) is 12.1. The minimum absolute atomic E-state index is 0.101. The maximum Gasteiger partial charge on any atom is 0.272 e. The number of thioether (sulfide) groups is 1. The van der Waals surface area contributed by atoms with E-state index in [9.17, 15) is 14.4 Å². The lowest BCUT2D eigenvalue weighted by Crippen LogP contribution is -2.30. The first kappa shape index (κ1) is 33.9. The van der Waals surface area contributed by atoms with Crippen molar-refractivity contribution in [3.63, 3.8) is 0 Å². The minimum Gasteiger partial charge on any atom is -0.497 e. The molecule has 0 bridgehead atoms. The fraction of sp³-hybridized carbons (Fsp3) is 0.216. The minimum atomic E-state index is -0.476. The van der Waals surface area contributed by atoms with Gasteiger partial charge in [-0.1, -0.05) is 69.3 Å². The van der Waals surface area contributed by atoms with Crippen molar-refractivity contribution in [1.29, 1.82) is 0 Å². The normalized spacial score (nSPS) is 11.8. The molecule has 0 saturated heterocycles. The highest BCUT2D eigenvalue weighted by atomic mass is 32.2. The van der Waals surface area contributed by atoms with Gasteiger partial charge in [-0.2, -0.15) is 0 Å². The van der Waals surface area contributed by atoms with Gasteiger partial charge in [0.2, 0.25) is 5.91 Å². The summed E-state index contributed by atoms with van der Waals surface area (Å²) >= 11 is 1.39. The monoisotopic (exact) mass is 637 g/mol. The van der Waals surface area contributed by atoms with E-state index in [1.54, 1.807) is 74.9 Å². The Hall–Kier alpha value is -5.02. The predicted octanol–water partition coefficient (Wildman–Crippen LogP) is 7.75. The lowest BCUT2D eigenvalue weighted by atomic mass is 10.0. The van der Waals surface area contributed by atoms with Crippen LogP contribution in [0.15, 0.2) is 108 Å². The fourth-order valence-electron chi connectivity index (χ4n) is 4.52. The van der Waals surface area contributed by atoms with Gasteiger partial charge in [0.25, 0.3) is 11.8 Å². The van der Waals surface area contributed by atoms with Gasteiger partial charge >= 0.3 is 0 Å². The average molecular weight is 638 g/mol. The third-order valence-electron chi connectivity index (χ3n) is 7.10. The maximum atomic E-state index is 13.6. The number of ether oxygens (including phenoxy) is 2. The molecule has 8 nitrogen and oxygen atoms in total. The van der Waals surface area contributed by atoms with Gasteiger partial charge in [-0.05, 0) is 59.9 Å². The molecule has 0 aliphatic rings. The van der Waals surface area contributed by atoms with Gasteiger partial charge < -0.3 is 25.4 Å². The molecule has 4 rings (SSSR count). The molecule has 238 valence electrons. The largest absolute Gasteiger partial charge is 0.497 e. The van der Waals surface area contributed by atoms with Crippen LogP contribution in [0.5, 0.6) is 11.5 Å². The second-order valence-electron chi connectivity index (χ2n) is 10.8. The van der Waals surface area contributed by atoms with Gasteiger partial charge in [0.05, 0.1) is 19.5 Å². The maximum absolute atomic E-state index is 13.6. The number of nitrogens with one attached hydrogen (secondary N) is 3. The Labute approximate surface area is 274 Å². The van der Waals surface area contributed by atoms with E-state index < -0.39 is 17.1 Å². The van der Waals surface area contributed by atoms with Crippen molar-refractivity contribution in [2.24, 2.45) is 0 Å². The zero-order valence-corrected chi connectivity index (χ0v) is 27.4. The topological polar surface area (TPSA) is 106 Å². The zero-order chi connectivity index (χ0) is 33.1. The Balaban J connectivity index is 1.51. The molecule has 9 heteroatoms. The smallest absolute Gasteiger partial charge is 0.272 e. The number of hydrogen-bond acceptors (Lipinski definition) is 6. The molecule has 0 fully saturated rings. The third-order valence-corrected chi connectivity index (χ3v) is 8.45. The number of anilines is 2. The summed E-state index contributed by atoms with van der Waals surface area (Å²) in [5.41, 5.74) is 3.58. The van der Waals surface area contributed by atoms with E-state index in [1.165, 1.54) is 17.3 Å². The van der Waals surface area contributed by atoms with E-state index in [2.05, 4.69) is 29.8 Å². The molecule has 3 N–H and O–H groups in total. The van der Waals surface area contributed by atoms with Gasteiger partial charge in [-0.25, -0.2) is 0 Å². The number of methoxy groups -OCH3 is 2. The Kier molecular flexibility index (Phi) is 12.0. The van der Waals surface area contributed by atoms with E-state index in [-0.39, 0.29) is 11.6 Å². The summed E-state index contributed by atoms with van der Waals surface area (Å²) < 4.78 is 10.6. The molecule has 0 aliphatic carbocycles. The molecular weight excluding hydrogens is 598 g/mol. The number of carbonyl (C=O) groups excluding carboxylic acids is 3. The summed E-state index contributed by atoms with van der Waals surface area (Å²) in [5.74, 6) is 0.466. The summed E-state index contributed by atoms with van der Waals surface area (Å²) in [6.07, 6.45) is 2.23. The first-order valence-corrected chi connectivity index (χ1v) is 15.9. The van der Waals surface area contributed by atoms with Gasteiger partial charge in [-0.15, -0.1) is 11.8 Å². The Morgan fingerprint density at radius 3 is 2.07 bits per heavy atom. The lowest BCUT2D eigenvalue weighted by molar-refractivity contribution is -0.116. The Morgan fingerprint density at radius 2 is 1.46 bits per heavy atom. The van der Waals surface area contributed by atoms with Crippen LogP contribution in [0.2, 0.25) is 0 Å². The van der Waals surface area contributed by atoms with Crippen molar-refractivity contribution in [2.75, 3.05) is 24.9 Å². The van der Waals surface area contributed by atoms with Crippen LogP contribution in [0.1, 0.15) is 54.6 Å². The summed E-state index contributed by atoms with van der Waals surface area (Å²) in [5, 5.41) is 8.24. The van der Waals surface area contributed by atoms with Crippen LogP contribution < -0.4 is 25.4 Å². The Bertz CT molecular complexity index is 1670. The van der Waals surface area contributed by atoms with Crippen molar-refractivity contribution in [3.8, 4) is 11.5 Å². The predicted molar refractivity (Wildman–Crippen MR) is 186 cm³/mol. The van der Waals surface area contributed by atoms with Crippen molar-refractivity contribution in [3.05, 3.63) is 119 Å². The highest BCUT2D eigenvalue weighted by Gasteiger charge is 2.20. The van der Waals surface area contributed by atoms with Crippen molar-refractivity contribution < 1.29 is 23.9 Å². The first-order chi connectivity index (χ1) is 22.2. The SMILES string of the molecule is CCC(Sc1cccc(NC(=O)/C(=C\c2ccc(C(C)C)cc2)NC(=O)c2ccccc2)c1)C(=O)Nc1cc(OC)cc(OC)c1. The highest BCUT2D eigenvalue weighted by Crippen LogP contribution is 2.30. The van der Waals surface area contributed by atoms with Gasteiger partial charge in [0, 0.05) is 40.0 Å². The molecule has 3 amide bonds. The number of rotatable bonds is 13. The van der Waals surface area contributed by atoms with Crippen molar-refractivity contribution >= 4 is 46.9 Å². The zero-order valence-electron chi connectivity index (χ0n) is 26.6. The number of hydrogen-bond donors (Lipinski definition) is 3. The molecule has 0 radical (unpaired) electrons.